The van der Waals surface area contributed by atoms with Crippen LogP contribution in [0.2, 0.25) is 0 Å². The molecule has 0 spiro atoms. The van der Waals surface area contributed by atoms with Gasteiger partial charge in [-0.05, 0) is 12.5 Å². The van der Waals surface area contributed by atoms with Crippen LogP contribution in [0.4, 0.5) is 0 Å². The van der Waals surface area contributed by atoms with Crippen LogP contribution in [0.3, 0.4) is 0 Å². The highest BCUT2D eigenvalue weighted by Crippen LogP contribution is 2.32. The second kappa shape index (κ2) is 7.04. The molecular weight excluding hydrogens is 290 g/mol. The average molecular weight is 311 g/mol. The zero-order chi connectivity index (χ0) is 16.2. The summed E-state index contributed by atoms with van der Waals surface area (Å²) in [5.74, 6) is -2.38. The van der Waals surface area contributed by atoms with Gasteiger partial charge in [0.25, 0.3) is 0 Å². The summed E-state index contributed by atoms with van der Waals surface area (Å²) in [4.78, 5) is 26.3. The summed E-state index contributed by atoms with van der Waals surface area (Å²) in [5, 5.41) is 20.4. The monoisotopic (exact) mass is 311 g/mol. The second-order valence-electron chi connectivity index (χ2n) is 5.36. The number of ether oxygens (including phenoxy) is 2. The van der Waals surface area contributed by atoms with Crippen molar-refractivity contribution < 1.29 is 29.3 Å². The second-order valence-corrected chi connectivity index (χ2v) is 5.36. The Hall–Kier alpha value is -1.70. The van der Waals surface area contributed by atoms with Crippen LogP contribution in [0.1, 0.15) is 6.42 Å². The van der Waals surface area contributed by atoms with Crippen molar-refractivity contribution in [3.63, 3.8) is 0 Å². The van der Waals surface area contributed by atoms with Gasteiger partial charge in [-0.2, -0.15) is 0 Å². The van der Waals surface area contributed by atoms with Crippen molar-refractivity contribution in [1.29, 1.82) is 0 Å². The highest BCUT2D eigenvalue weighted by Gasteiger charge is 2.51. The molecule has 0 aromatic rings. The Labute approximate surface area is 128 Å². The molecular formula is C15H21NO6. The van der Waals surface area contributed by atoms with Gasteiger partial charge in [-0.15, -0.1) is 0 Å². The molecule has 2 aliphatic rings. The molecule has 0 radical (unpaired) electrons. The Morgan fingerprint density at radius 1 is 1.45 bits per heavy atom. The molecule has 1 heterocycles. The van der Waals surface area contributed by atoms with Gasteiger partial charge in [-0.1, -0.05) is 18.7 Å². The first-order valence-corrected chi connectivity index (χ1v) is 7.23. The topological polar surface area (TPSA) is 96.3 Å². The lowest BCUT2D eigenvalue weighted by atomic mass is 9.77. The van der Waals surface area contributed by atoms with E-state index < -0.39 is 23.6 Å². The van der Waals surface area contributed by atoms with E-state index in [4.69, 9.17) is 9.47 Å². The minimum absolute atomic E-state index is 0.0353. The molecule has 3 atom stereocenters. The molecule has 7 heteroatoms. The number of morpholine rings is 1. The van der Waals surface area contributed by atoms with Gasteiger partial charge in [0, 0.05) is 13.1 Å². The highest BCUT2D eigenvalue weighted by molar-refractivity contribution is 5.92. The maximum Gasteiger partial charge on any atom is 0.343 e. The number of aliphatic hydroxyl groups excluding tert-OH is 1. The summed E-state index contributed by atoms with van der Waals surface area (Å²) in [7, 11) is 0. The Bertz CT molecular complexity index is 471. The van der Waals surface area contributed by atoms with Crippen molar-refractivity contribution in [1.82, 2.24) is 4.90 Å². The number of carbonyl (C=O) groups excluding carboxylic acids is 2. The summed E-state index contributed by atoms with van der Waals surface area (Å²) in [6.45, 7) is 4.99. The van der Waals surface area contributed by atoms with E-state index in [0.29, 0.717) is 26.3 Å². The lowest BCUT2D eigenvalue weighted by Gasteiger charge is -2.38. The molecule has 1 amide bonds. The maximum atomic E-state index is 12.6. The predicted octanol–water partition coefficient (Wildman–Crippen LogP) is -0.757. The van der Waals surface area contributed by atoms with Crippen molar-refractivity contribution in [2.45, 2.75) is 18.1 Å². The third-order valence-corrected chi connectivity index (χ3v) is 3.86. The van der Waals surface area contributed by atoms with Crippen LogP contribution in [0, 0.1) is 5.92 Å². The number of hydrogen-bond acceptors (Lipinski definition) is 6. The summed E-state index contributed by atoms with van der Waals surface area (Å²) in [6, 6.07) is 0. The number of esters is 1. The van der Waals surface area contributed by atoms with Crippen LogP contribution in [0.25, 0.3) is 0 Å². The zero-order valence-electron chi connectivity index (χ0n) is 12.3. The molecule has 0 saturated carbocycles. The van der Waals surface area contributed by atoms with Crippen molar-refractivity contribution in [3.05, 3.63) is 24.8 Å². The van der Waals surface area contributed by atoms with Crippen molar-refractivity contribution >= 4 is 11.9 Å². The molecule has 122 valence electrons. The summed E-state index contributed by atoms with van der Waals surface area (Å²) >= 11 is 0. The standard InChI is InChI=1S/C15H21NO6/c1-2-7-22-14(19)15(20)4-3-11(17)10-12(15)13(18)16-5-8-21-9-6-16/h2-4,11-12,17,20H,1,5-10H2/t11-,12-,15-/m1/s1. The molecule has 2 N–H and O–H groups in total. The third kappa shape index (κ3) is 3.37. The van der Waals surface area contributed by atoms with E-state index in [1.807, 2.05) is 0 Å². The molecule has 22 heavy (non-hydrogen) atoms. The van der Waals surface area contributed by atoms with Gasteiger partial charge < -0.3 is 24.6 Å². The van der Waals surface area contributed by atoms with E-state index in [1.165, 1.54) is 17.1 Å². The molecule has 0 aromatic carbocycles. The van der Waals surface area contributed by atoms with Crippen LogP contribution in [0.5, 0.6) is 0 Å². The Kier molecular flexibility index (Phi) is 5.33. The van der Waals surface area contributed by atoms with Gasteiger partial charge in [0.15, 0.2) is 5.60 Å². The number of hydrogen-bond donors (Lipinski definition) is 2. The highest BCUT2D eigenvalue weighted by atomic mass is 16.5. The van der Waals surface area contributed by atoms with E-state index in [-0.39, 0.29) is 18.9 Å². The zero-order valence-corrected chi connectivity index (χ0v) is 12.3. The molecule has 0 unspecified atom stereocenters. The number of carbonyl (C=O) groups is 2. The van der Waals surface area contributed by atoms with Crippen LogP contribution in [-0.4, -0.2) is 71.6 Å². The van der Waals surface area contributed by atoms with Crippen LogP contribution in [0.15, 0.2) is 24.8 Å². The van der Waals surface area contributed by atoms with E-state index in [0.717, 1.165) is 6.08 Å². The first-order valence-electron chi connectivity index (χ1n) is 7.23. The van der Waals surface area contributed by atoms with E-state index in [2.05, 4.69) is 6.58 Å². The molecule has 7 nitrogen and oxygen atoms in total. The van der Waals surface area contributed by atoms with Crippen LogP contribution in [-0.2, 0) is 19.1 Å². The van der Waals surface area contributed by atoms with Gasteiger partial charge in [-0.3, -0.25) is 4.79 Å². The summed E-state index contributed by atoms with van der Waals surface area (Å²) in [5.41, 5.74) is -2.07. The fourth-order valence-corrected chi connectivity index (χ4v) is 2.63. The Balaban J connectivity index is 2.20. The molecule has 2 rings (SSSR count). The third-order valence-electron chi connectivity index (χ3n) is 3.86. The van der Waals surface area contributed by atoms with Crippen LogP contribution < -0.4 is 0 Å². The van der Waals surface area contributed by atoms with Gasteiger partial charge in [0.1, 0.15) is 6.61 Å². The summed E-state index contributed by atoms with van der Waals surface area (Å²) in [6.07, 6.45) is 2.91. The largest absolute Gasteiger partial charge is 0.459 e. The van der Waals surface area contributed by atoms with Crippen LogP contribution >= 0.6 is 0 Å². The molecule has 1 saturated heterocycles. The predicted molar refractivity (Wildman–Crippen MR) is 76.8 cm³/mol. The Morgan fingerprint density at radius 2 is 2.14 bits per heavy atom. The molecule has 0 aromatic heterocycles. The normalized spacial score (nSPS) is 31.6. The molecule has 1 fully saturated rings. The minimum atomic E-state index is -2.07. The van der Waals surface area contributed by atoms with E-state index in [9.17, 15) is 19.8 Å². The van der Waals surface area contributed by atoms with Crippen molar-refractivity contribution in [2.75, 3.05) is 32.9 Å². The van der Waals surface area contributed by atoms with Crippen molar-refractivity contribution in [3.8, 4) is 0 Å². The molecule has 1 aliphatic heterocycles. The fourth-order valence-electron chi connectivity index (χ4n) is 2.63. The minimum Gasteiger partial charge on any atom is -0.459 e. The van der Waals surface area contributed by atoms with Gasteiger partial charge in [0.05, 0.1) is 25.2 Å². The lowest BCUT2D eigenvalue weighted by molar-refractivity contribution is -0.173. The number of amides is 1. The number of aliphatic hydroxyl groups is 2. The van der Waals surface area contributed by atoms with Gasteiger partial charge in [-0.25, -0.2) is 4.79 Å². The quantitative estimate of drug-likeness (QED) is 0.523. The maximum absolute atomic E-state index is 12.6. The molecule has 0 bridgehead atoms. The van der Waals surface area contributed by atoms with E-state index in [1.54, 1.807) is 0 Å². The van der Waals surface area contributed by atoms with E-state index >= 15 is 0 Å². The number of nitrogens with zero attached hydrogens (tertiary/aromatic N) is 1. The Morgan fingerprint density at radius 3 is 2.77 bits per heavy atom. The SMILES string of the molecule is C=CCOC(=O)[C@@]1(O)C=C[C@@H](O)C[C@@H]1C(=O)N1CCOCC1. The summed E-state index contributed by atoms with van der Waals surface area (Å²) < 4.78 is 10.1. The lowest BCUT2D eigenvalue weighted by Crippen LogP contribution is -2.56. The first kappa shape index (κ1) is 16.7. The van der Waals surface area contributed by atoms with Gasteiger partial charge >= 0.3 is 5.97 Å². The fraction of sp³-hybridized carbons (Fsp3) is 0.600. The van der Waals surface area contributed by atoms with Crippen molar-refractivity contribution in [2.24, 2.45) is 5.92 Å². The molecule has 1 aliphatic carbocycles. The van der Waals surface area contributed by atoms with Gasteiger partial charge in [0.2, 0.25) is 5.91 Å². The smallest absolute Gasteiger partial charge is 0.343 e. The number of rotatable bonds is 4. The first-order chi connectivity index (χ1) is 10.5. The average Bonchev–Trinajstić information content (AvgIpc) is 2.55.